The first-order valence-corrected chi connectivity index (χ1v) is 12.6. The van der Waals surface area contributed by atoms with Gasteiger partial charge in [-0.2, -0.15) is 4.31 Å². The number of aliphatic hydroxyl groups is 2. The first kappa shape index (κ1) is 27.1. The van der Waals surface area contributed by atoms with E-state index in [0.717, 1.165) is 9.87 Å². The van der Waals surface area contributed by atoms with Crippen molar-refractivity contribution in [3.05, 3.63) is 94.5 Å². The number of non-ortho nitro benzene ring substituents is 1. The molecule has 0 heterocycles. The molecule has 36 heavy (non-hydrogen) atoms. The first-order chi connectivity index (χ1) is 17.1. The third-order valence-electron chi connectivity index (χ3n) is 5.16. The summed E-state index contributed by atoms with van der Waals surface area (Å²) in [4.78, 5) is 10.3. The van der Waals surface area contributed by atoms with Crippen molar-refractivity contribution in [2.45, 2.75) is 24.0 Å². The third-order valence-corrected chi connectivity index (χ3v) is 7.01. The Morgan fingerprint density at radius 2 is 1.33 bits per heavy atom. The normalized spacial score (nSPS) is 13.2. The largest absolute Gasteiger partial charge is 0.491 e. The van der Waals surface area contributed by atoms with Crippen LogP contribution in [-0.4, -0.2) is 66.4 Å². The average molecular weight is 517 g/mol. The second kappa shape index (κ2) is 12.5. The van der Waals surface area contributed by atoms with Crippen LogP contribution in [0, 0.1) is 17.0 Å². The van der Waals surface area contributed by atoms with Crippen LogP contribution in [0.5, 0.6) is 11.5 Å². The zero-order valence-corrected chi connectivity index (χ0v) is 20.5. The molecule has 0 amide bonds. The van der Waals surface area contributed by atoms with Crippen molar-refractivity contribution in [3.63, 3.8) is 0 Å². The van der Waals surface area contributed by atoms with Gasteiger partial charge in [0.1, 0.15) is 36.9 Å². The molecule has 0 saturated carbocycles. The highest BCUT2D eigenvalue weighted by Gasteiger charge is 2.29. The molecule has 192 valence electrons. The van der Waals surface area contributed by atoms with Gasteiger partial charge in [0.25, 0.3) is 5.69 Å². The Balaban J connectivity index is 1.68. The highest BCUT2D eigenvalue weighted by Crippen LogP contribution is 2.20. The fraction of sp³-hybridized carbons (Fsp3) is 0.280. The van der Waals surface area contributed by atoms with Crippen molar-refractivity contribution in [1.82, 2.24) is 4.31 Å². The van der Waals surface area contributed by atoms with Gasteiger partial charge in [0.05, 0.1) is 9.82 Å². The van der Waals surface area contributed by atoms with E-state index in [1.165, 1.54) is 36.4 Å². The Morgan fingerprint density at radius 3 is 1.83 bits per heavy atom. The van der Waals surface area contributed by atoms with Gasteiger partial charge in [0.2, 0.25) is 10.0 Å². The predicted octanol–water partition coefficient (Wildman–Crippen LogP) is 2.77. The molecular formula is C25H28N2O8S. The molecule has 0 bridgehead atoms. The molecule has 0 radical (unpaired) electrons. The molecule has 0 aromatic heterocycles. The Morgan fingerprint density at radius 1 is 0.833 bits per heavy atom. The SMILES string of the molecule is Cc1ccc(S(=O)(=O)N(C[C@H](O)COc2ccccc2)C[C@@H](O)COc2ccc([N+](=O)[O-])cc2)cc1. The summed E-state index contributed by atoms with van der Waals surface area (Å²) in [5.74, 6) is 0.810. The van der Waals surface area contributed by atoms with Crippen LogP contribution in [0.4, 0.5) is 5.69 Å². The Labute approximate surface area is 209 Å². The van der Waals surface area contributed by atoms with Crippen molar-refractivity contribution in [3.8, 4) is 11.5 Å². The van der Waals surface area contributed by atoms with E-state index in [1.54, 1.807) is 36.4 Å². The Bertz CT molecular complexity index is 1220. The minimum Gasteiger partial charge on any atom is -0.491 e. The van der Waals surface area contributed by atoms with Crippen LogP contribution in [0.2, 0.25) is 0 Å². The Kier molecular flexibility index (Phi) is 9.37. The van der Waals surface area contributed by atoms with Gasteiger partial charge in [0.15, 0.2) is 0 Å². The molecule has 0 unspecified atom stereocenters. The fourth-order valence-electron chi connectivity index (χ4n) is 3.27. The number of nitro benzene ring substituents is 1. The molecule has 3 aromatic carbocycles. The van der Waals surface area contributed by atoms with E-state index in [0.29, 0.717) is 5.75 Å². The molecule has 0 aliphatic carbocycles. The number of para-hydroxylation sites is 1. The smallest absolute Gasteiger partial charge is 0.269 e. The van der Waals surface area contributed by atoms with Crippen molar-refractivity contribution >= 4 is 15.7 Å². The van der Waals surface area contributed by atoms with E-state index in [9.17, 15) is 28.7 Å². The van der Waals surface area contributed by atoms with Crippen LogP contribution in [0.25, 0.3) is 0 Å². The second-order valence-electron chi connectivity index (χ2n) is 8.13. The number of hydrogen-bond donors (Lipinski definition) is 2. The second-order valence-corrected chi connectivity index (χ2v) is 10.1. The zero-order valence-electron chi connectivity index (χ0n) is 19.6. The minimum atomic E-state index is -4.06. The Hall–Kier alpha value is -3.51. The summed E-state index contributed by atoms with van der Waals surface area (Å²) in [6.45, 7) is 0.731. The number of benzene rings is 3. The van der Waals surface area contributed by atoms with Crippen LogP contribution in [0.3, 0.4) is 0 Å². The number of ether oxygens (including phenoxy) is 2. The number of hydrogen-bond acceptors (Lipinski definition) is 8. The number of nitrogens with zero attached hydrogens (tertiary/aromatic N) is 2. The molecule has 0 saturated heterocycles. The van der Waals surface area contributed by atoms with Gasteiger partial charge in [-0.1, -0.05) is 35.9 Å². The molecule has 0 aliphatic rings. The van der Waals surface area contributed by atoms with E-state index in [4.69, 9.17) is 9.47 Å². The number of rotatable bonds is 13. The number of nitro groups is 1. The van der Waals surface area contributed by atoms with Crippen LogP contribution in [0.15, 0.2) is 83.8 Å². The number of aryl methyl sites for hydroxylation is 1. The summed E-state index contributed by atoms with van der Waals surface area (Å²) in [6.07, 6.45) is -2.42. The van der Waals surface area contributed by atoms with Crippen molar-refractivity contribution in [2.24, 2.45) is 0 Å². The topological polar surface area (TPSA) is 139 Å². The van der Waals surface area contributed by atoms with Gasteiger partial charge >= 0.3 is 0 Å². The van der Waals surface area contributed by atoms with Crippen LogP contribution in [0.1, 0.15) is 5.56 Å². The minimum absolute atomic E-state index is 0.0211. The molecule has 0 aliphatic heterocycles. The summed E-state index contributed by atoms with van der Waals surface area (Å²) < 4.78 is 38.6. The summed E-state index contributed by atoms with van der Waals surface area (Å²) in [5, 5.41) is 31.9. The van der Waals surface area contributed by atoms with E-state index < -0.39 is 27.2 Å². The summed E-state index contributed by atoms with van der Waals surface area (Å²) in [7, 11) is -4.06. The lowest BCUT2D eigenvalue weighted by molar-refractivity contribution is -0.384. The molecule has 0 spiro atoms. The van der Waals surface area contributed by atoms with Crippen molar-refractivity contribution in [1.29, 1.82) is 0 Å². The summed E-state index contributed by atoms with van der Waals surface area (Å²) >= 11 is 0. The summed E-state index contributed by atoms with van der Waals surface area (Å²) in [5.41, 5.74) is 0.776. The molecule has 11 heteroatoms. The van der Waals surface area contributed by atoms with Gasteiger partial charge in [-0.05, 0) is 43.3 Å². The molecule has 2 atom stereocenters. The van der Waals surface area contributed by atoms with E-state index in [2.05, 4.69) is 0 Å². The van der Waals surface area contributed by atoms with E-state index >= 15 is 0 Å². The van der Waals surface area contributed by atoms with Crippen LogP contribution in [-0.2, 0) is 10.0 Å². The first-order valence-electron chi connectivity index (χ1n) is 11.1. The van der Waals surface area contributed by atoms with Crippen molar-refractivity contribution in [2.75, 3.05) is 26.3 Å². The standard InChI is InChI=1S/C25H28N2O8S/c1-19-7-13-25(14-8-19)36(32,33)26(15-21(28)17-34-23-5-3-2-4-6-23)16-22(29)18-35-24-11-9-20(10-12-24)27(30)31/h2-14,21-22,28-29H,15-18H2,1H3/t21-,22+/m0/s1. The molecule has 10 nitrogen and oxygen atoms in total. The van der Waals surface area contributed by atoms with E-state index in [-0.39, 0.29) is 42.6 Å². The highest BCUT2D eigenvalue weighted by atomic mass is 32.2. The summed E-state index contributed by atoms with van der Waals surface area (Å²) in [6, 6.07) is 20.3. The number of sulfonamides is 1. The van der Waals surface area contributed by atoms with Gasteiger partial charge in [-0.25, -0.2) is 8.42 Å². The van der Waals surface area contributed by atoms with Gasteiger partial charge in [-0.3, -0.25) is 10.1 Å². The number of aliphatic hydroxyl groups excluding tert-OH is 2. The maximum absolute atomic E-state index is 13.3. The lowest BCUT2D eigenvalue weighted by Crippen LogP contribution is -2.44. The zero-order chi connectivity index (χ0) is 26.1. The molecular weight excluding hydrogens is 488 g/mol. The molecule has 3 rings (SSSR count). The monoisotopic (exact) mass is 516 g/mol. The lowest BCUT2D eigenvalue weighted by atomic mass is 10.2. The lowest BCUT2D eigenvalue weighted by Gasteiger charge is -2.27. The molecule has 3 aromatic rings. The van der Waals surface area contributed by atoms with E-state index in [1.807, 2.05) is 13.0 Å². The van der Waals surface area contributed by atoms with Gasteiger partial charge in [-0.15, -0.1) is 0 Å². The molecule has 2 N–H and O–H groups in total. The third kappa shape index (κ3) is 7.75. The quantitative estimate of drug-likeness (QED) is 0.261. The average Bonchev–Trinajstić information content (AvgIpc) is 2.87. The highest BCUT2D eigenvalue weighted by molar-refractivity contribution is 7.89. The maximum atomic E-state index is 13.3. The molecule has 0 fully saturated rings. The van der Waals surface area contributed by atoms with Crippen LogP contribution >= 0.6 is 0 Å². The van der Waals surface area contributed by atoms with Crippen LogP contribution < -0.4 is 9.47 Å². The van der Waals surface area contributed by atoms with Crippen molar-refractivity contribution < 1.29 is 33.0 Å². The van der Waals surface area contributed by atoms with Gasteiger partial charge in [0, 0.05) is 25.2 Å². The maximum Gasteiger partial charge on any atom is 0.269 e. The van der Waals surface area contributed by atoms with Gasteiger partial charge < -0.3 is 19.7 Å². The fourth-order valence-corrected chi connectivity index (χ4v) is 4.79. The predicted molar refractivity (Wildman–Crippen MR) is 132 cm³/mol.